The zero-order valence-electron chi connectivity index (χ0n) is 12.0. The van der Waals surface area contributed by atoms with Gasteiger partial charge in [0.05, 0.1) is 12.0 Å². The van der Waals surface area contributed by atoms with Gasteiger partial charge < -0.3 is 25.0 Å². The lowest BCUT2D eigenvalue weighted by Crippen LogP contribution is -2.32. The number of hydrogen-bond donors (Lipinski definition) is 4. The molecule has 3 rings (SSSR count). The topological polar surface area (TPSA) is 98.6 Å². The summed E-state index contributed by atoms with van der Waals surface area (Å²) >= 11 is 5.13. The molecule has 9 heteroatoms. The van der Waals surface area contributed by atoms with Crippen LogP contribution in [0.3, 0.4) is 0 Å². The van der Waals surface area contributed by atoms with E-state index in [1.807, 2.05) is 0 Å². The third kappa shape index (κ3) is 2.54. The van der Waals surface area contributed by atoms with Gasteiger partial charge in [-0.2, -0.15) is 4.39 Å². The Morgan fingerprint density at radius 2 is 2.04 bits per heavy atom. The van der Waals surface area contributed by atoms with E-state index in [9.17, 15) is 19.0 Å². The van der Waals surface area contributed by atoms with Crippen LogP contribution in [0.2, 0.25) is 0 Å². The van der Waals surface area contributed by atoms with Crippen molar-refractivity contribution in [1.82, 2.24) is 9.97 Å². The van der Waals surface area contributed by atoms with E-state index in [1.165, 1.54) is 13.0 Å². The van der Waals surface area contributed by atoms with Gasteiger partial charge in [-0.1, -0.05) is 12.2 Å². The Morgan fingerprint density at radius 1 is 1.35 bits per heavy atom. The monoisotopic (exact) mass is 344 g/mol. The molecule has 4 unspecified atom stereocenters. The molecule has 2 aromatic heterocycles. The molecule has 0 aromatic carbocycles. The number of ether oxygens (including phenoxy) is 1. The number of fused-ring (bicyclic) bond motifs is 1. The van der Waals surface area contributed by atoms with Crippen LogP contribution in [0.4, 0.5) is 8.78 Å². The van der Waals surface area contributed by atoms with Crippen molar-refractivity contribution < 1.29 is 28.8 Å². The van der Waals surface area contributed by atoms with E-state index < -0.39 is 42.8 Å². The first kappa shape index (κ1) is 16.3. The molecule has 4 N–H and O–H groups in total. The van der Waals surface area contributed by atoms with Crippen molar-refractivity contribution in [2.24, 2.45) is 0 Å². The first-order valence-electron chi connectivity index (χ1n) is 6.86. The van der Waals surface area contributed by atoms with Crippen LogP contribution in [0.25, 0.3) is 11.0 Å². The smallest absolute Gasteiger partial charge is 0.220 e. The van der Waals surface area contributed by atoms with E-state index in [2.05, 4.69) is 9.97 Å². The quantitative estimate of drug-likeness (QED) is 0.480. The third-order valence-electron chi connectivity index (χ3n) is 3.98. The molecule has 0 saturated carbocycles. The molecule has 3 heterocycles. The molecule has 0 amide bonds. The zero-order chi connectivity index (χ0) is 16.9. The summed E-state index contributed by atoms with van der Waals surface area (Å²) in [6.07, 6.45) is -4.65. The van der Waals surface area contributed by atoms with E-state index in [0.29, 0.717) is 0 Å². The third-order valence-corrected chi connectivity index (χ3v) is 4.32. The van der Waals surface area contributed by atoms with Gasteiger partial charge in [-0.15, -0.1) is 0 Å². The fraction of sp³-hybridized carbons (Fsp3) is 0.429. The zero-order valence-corrected chi connectivity index (χ0v) is 12.8. The second kappa shape index (κ2) is 5.84. The lowest BCUT2D eigenvalue weighted by Gasteiger charge is -2.16. The Hall–Kier alpha value is -1.52. The van der Waals surface area contributed by atoms with E-state index in [-0.39, 0.29) is 26.8 Å². The summed E-state index contributed by atoms with van der Waals surface area (Å²) in [5.74, 6) is -1.74. The van der Waals surface area contributed by atoms with E-state index in [1.54, 1.807) is 0 Å². The predicted molar refractivity (Wildman–Crippen MR) is 78.3 cm³/mol. The highest BCUT2D eigenvalue weighted by Gasteiger charge is 2.43. The summed E-state index contributed by atoms with van der Waals surface area (Å²) in [6, 6.07) is 1.31. The van der Waals surface area contributed by atoms with Gasteiger partial charge in [0.15, 0.2) is 0 Å². The number of rotatable bonds is 2. The summed E-state index contributed by atoms with van der Waals surface area (Å²) in [5, 5.41) is 29.0. The first-order valence-corrected chi connectivity index (χ1v) is 7.27. The number of halogens is 2. The Kier molecular flexibility index (Phi) is 4.15. The molecule has 4 atom stereocenters. The largest absolute Gasteiger partial charge is 0.394 e. The normalized spacial score (nSPS) is 27.7. The Balaban J connectivity index is 2.16. The number of nitrogens with one attached hydrogen (secondary N) is 1. The second-order valence-corrected chi connectivity index (χ2v) is 5.82. The molecule has 0 aliphatic carbocycles. The van der Waals surface area contributed by atoms with Gasteiger partial charge in [-0.25, -0.2) is 9.37 Å². The first-order chi connectivity index (χ1) is 10.8. The Morgan fingerprint density at radius 3 is 2.65 bits per heavy atom. The average Bonchev–Trinajstić information content (AvgIpc) is 2.80. The number of H-pyrrole nitrogens is 1. The van der Waals surface area contributed by atoms with Crippen LogP contribution in [0.5, 0.6) is 0 Å². The predicted octanol–water partition coefficient (Wildman–Crippen LogP) is 1.03. The van der Waals surface area contributed by atoms with Crippen molar-refractivity contribution in [3.8, 4) is 0 Å². The summed E-state index contributed by atoms with van der Waals surface area (Å²) in [7, 11) is 0. The van der Waals surface area contributed by atoms with Gasteiger partial charge in [0, 0.05) is 11.1 Å². The van der Waals surface area contributed by atoms with Crippen LogP contribution >= 0.6 is 12.2 Å². The fourth-order valence-electron chi connectivity index (χ4n) is 2.63. The van der Waals surface area contributed by atoms with Crippen LogP contribution in [-0.2, 0) is 4.74 Å². The van der Waals surface area contributed by atoms with Crippen molar-refractivity contribution in [3.63, 3.8) is 0 Å². The highest BCUT2D eigenvalue weighted by Crippen LogP contribution is 2.35. The van der Waals surface area contributed by atoms with Gasteiger partial charge in [0.1, 0.15) is 40.5 Å². The van der Waals surface area contributed by atoms with Crippen molar-refractivity contribution in [3.05, 3.63) is 33.6 Å². The molecule has 1 fully saturated rings. The highest BCUT2D eigenvalue weighted by atomic mass is 32.1. The maximum absolute atomic E-state index is 14.2. The summed E-state index contributed by atoms with van der Waals surface area (Å²) in [4.78, 5) is 6.21. The average molecular weight is 344 g/mol. The van der Waals surface area contributed by atoms with Crippen LogP contribution in [-0.4, -0.2) is 50.2 Å². The number of nitrogens with zero attached hydrogens (tertiary/aromatic N) is 1. The maximum atomic E-state index is 14.2. The van der Waals surface area contributed by atoms with Crippen molar-refractivity contribution in [2.45, 2.75) is 31.3 Å². The number of pyridine rings is 2. The number of aromatic nitrogens is 2. The van der Waals surface area contributed by atoms with Crippen LogP contribution in [0, 0.1) is 23.3 Å². The van der Waals surface area contributed by atoms with Gasteiger partial charge >= 0.3 is 0 Å². The van der Waals surface area contributed by atoms with E-state index in [0.717, 1.165) is 0 Å². The minimum Gasteiger partial charge on any atom is -0.394 e. The van der Waals surface area contributed by atoms with Crippen LogP contribution < -0.4 is 0 Å². The molecule has 124 valence electrons. The Bertz CT molecular complexity index is 829. The number of aliphatic hydroxyl groups excluding tert-OH is 3. The standard InChI is InChI=1S/C14H14F2N2O4S/c1-4-8(15)5-2-6(14(23)18-13(5)17-12(4)16)11-10(21)9(20)7(3-19)22-11/h2,7,9-11,19-21H,3H2,1H3,(H,17,18,23). The minimum absolute atomic E-state index is 0.00904. The highest BCUT2D eigenvalue weighted by molar-refractivity contribution is 7.71. The van der Waals surface area contributed by atoms with Crippen LogP contribution in [0.1, 0.15) is 17.2 Å². The van der Waals surface area contributed by atoms with Crippen molar-refractivity contribution in [2.75, 3.05) is 6.61 Å². The molecule has 1 saturated heterocycles. The van der Waals surface area contributed by atoms with Crippen LogP contribution in [0.15, 0.2) is 6.07 Å². The lowest BCUT2D eigenvalue weighted by molar-refractivity contribution is -0.0229. The SMILES string of the molecule is Cc1c(F)nc2[nH]c(=S)c(C3OC(CO)C(O)C3O)cc2c1F. The van der Waals surface area contributed by atoms with Gasteiger partial charge in [-0.3, -0.25) is 0 Å². The molecule has 0 bridgehead atoms. The summed E-state index contributed by atoms with van der Waals surface area (Å²) < 4.78 is 33.2. The van der Waals surface area contributed by atoms with Gasteiger partial charge in [-0.05, 0) is 13.0 Å². The van der Waals surface area contributed by atoms with Crippen molar-refractivity contribution >= 4 is 23.3 Å². The lowest BCUT2D eigenvalue weighted by atomic mass is 10.0. The van der Waals surface area contributed by atoms with Crippen molar-refractivity contribution in [1.29, 1.82) is 0 Å². The number of aromatic amines is 1. The molecular formula is C14H14F2N2O4S. The second-order valence-electron chi connectivity index (χ2n) is 5.42. The maximum Gasteiger partial charge on any atom is 0.220 e. The molecule has 0 spiro atoms. The van der Waals surface area contributed by atoms with E-state index >= 15 is 0 Å². The Labute approximate surface area is 134 Å². The van der Waals surface area contributed by atoms with Gasteiger partial charge in [0.25, 0.3) is 0 Å². The molecule has 1 aliphatic heterocycles. The molecule has 2 aromatic rings. The van der Waals surface area contributed by atoms with Gasteiger partial charge in [0.2, 0.25) is 5.95 Å². The molecular weight excluding hydrogens is 330 g/mol. The summed E-state index contributed by atoms with van der Waals surface area (Å²) in [5.41, 5.74) is -0.0806. The molecule has 0 radical (unpaired) electrons. The fourth-order valence-corrected chi connectivity index (χ4v) is 2.91. The number of hydrogen-bond acceptors (Lipinski definition) is 6. The summed E-state index contributed by atoms with van der Waals surface area (Å²) in [6.45, 7) is 0.768. The molecule has 23 heavy (non-hydrogen) atoms. The minimum atomic E-state index is -1.34. The number of aliphatic hydroxyl groups is 3. The molecule has 6 nitrogen and oxygen atoms in total. The van der Waals surface area contributed by atoms with E-state index in [4.69, 9.17) is 22.1 Å². The molecule has 1 aliphatic rings.